The summed E-state index contributed by atoms with van der Waals surface area (Å²) in [6, 6.07) is 18.1. The summed E-state index contributed by atoms with van der Waals surface area (Å²) in [6.45, 7) is 9.46. The van der Waals surface area contributed by atoms with Crippen molar-refractivity contribution in [3.05, 3.63) is 83.2 Å². The zero-order valence-corrected chi connectivity index (χ0v) is 25.2. The zero-order chi connectivity index (χ0) is 29.3. The van der Waals surface area contributed by atoms with E-state index in [9.17, 15) is 18.0 Å². The van der Waals surface area contributed by atoms with E-state index in [0.717, 1.165) is 22.5 Å². The summed E-state index contributed by atoms with van der Waals surface area (Å²) < 4.78 is 39.8. The minimum absolute atomic E-state index is 0.0187. The lowest BCUT2D eigenvalue weighted by atomic mass is 10.0. The molecule has 0 saturated carbocycles. The van der Waals surface area contributed by atoms with Crippen LogP contribution in [0.1, 0.15) is 52.2 Å². The molecule has 8 nitrogen and oxygen atoms in total. The Balaban J connectivity index is 1.75. The Morgan fingerprint density at radius 1 is 0.900 bits per heavy atom. The Morgan fingerprint density at radius 3 is 2.15 bits per heavy atom. The number of rotatable bonds is 13. The van der Waals surface area contributed by atoms with E-state index in [1.807, 2.05) is 68.4 Å². The number of carbonyl (C=O) groups excluding carboxylic acids is 2. The first kappa shape index (κ1) is 31.3. The Labute approximate surface area is 241 Å². The largest absolute Gasteiger partial charge is 0.489 e. The number of nitrogens with one attached hydrogen (secondary N) is 2. The second-order valence-corrected chi connectivity index (χ2v) is 13.8. The SMILES string of the molecule is CC(C)CC(NS(=O)(=O)c1cccs1)C(=O)NC(Cc1ccc(OCc2ccccc2)cc1)C(=O)OC(C)(C)C. The molecule has 0 aliphatic heterocycles. The highest BCUT2D eigenvalue weighted by molar-refractivity contribution is 7.91. The van der Waals surface area contributed by atoms with Crippen LogP contribution in [0.4, 0.5) is 0 Å². The molecule has 0 fully saturated rings. The predicted octanol–water partition coefficient (Wildman–Crippen LogP) is 5.09. The van der Waals surface area contributed by atoms with Gasteiger partial charge in [0.1, 0.15) is 34.3 Å². The van der Waals surface area contributed by atoms with Crippen LogP contribution >= 0.6 is 11.3 Å². The molecule has 0 aliphatic rings. The zero-order valence-electron chi connectivity index (χ0n) is 23.5. The van der Waals surface area contributed by atoms with E-state index in [2.05, 4.69) is 10.0 Å². The summed E-state index contributed by atoms with van der Waals surface area (Å²) in [6.07, 6.45) is 0.413. The van der Waals surface area contributed by atoms with Crippen molar-refractivity contribution in [1.82, 2.24) is 10.0 Å². The molecular formula is C30H38N2O6S2. The van der Waals surface area contributed by atoms with Gasteiger partial charge in [-0.2, -0.15) is 4.72 Å². The molecule has 10 heteroatoms. The molecule has 2 aromatic carbocycles. The van der Waals surface area contributed by atoms with Crippen LogP contribution in [-0.2, 0) is 37.4 Å². The fourth-order valence-corrected chi connectivity index (χ4v) is 6.10. The van der Waals surface area contributed by atoms with E-state index in [0.29, 0.717) is 12.4 Å². The van der Waals surface area contributed by atoms with Gasteiger partial charge >= 0.3 is 5.97 Å². The third kappa shape index (κ3) is 10.1. The van der Waals surface area contributed by atoms with Crippen LogP contribution in [0.3, 0.4) is 0 Å². The van der Waals surface area contributed by atoms with E-state index >= 15 is 0 Å². The Morgan fingerprint density at radius 2 is 1.57 bits per heavy atom. The molecule has 3 aromatic rings. The Kier molecular flexibility index (Phi) is 10.9. The quantitative estimate of drug-likeness (QED) is 0.270. The van der Waals surface area contributed by atoms with E-state index in [-0.39, 0.29) is 23.0 Å². The summed E-state index contributed by atoms with van der Waals surface area (Å²) >= 11 is 1.07. The number of esters is 1. The molecule has 1 heterocycles. The average Bonchev–Trinajstić information content (AvgIpc) is 3.43. The normalized spacial score (nSPS) is 13.4. The molecule has 0 spiro atoms. The summed E-state index contributed by atoms with van der Waals surface area (Å²) in [4.78, 5) is 26.6. The number of sulfonamides is 1. The molecule has 2 N–H and O–H groups in total. The topological polar surface area (TPSA) is 111 Å². The van der Waals surface area contributed by atoms with Gasteiger partial charge in [-0.05, 0) is 67.8 Å². The fourth-order valence-electron chi connectivity index (χ4n) is 3.88. The first-order valence-electron chi connectivity index (χ1n) is 13.2. The van der Waals surface area contributed by atoms with Crippen molar-refractivity contribution < 1.29 is 27.5 Å². The second kappa shape index (κ2) is 13.9. The number of hydrogen-bond donors (Lipinski definition) is 2. The maximum Gasteiger partial charge on any atom is 0.329 e. The van der Waals surface area contributed by atoms with Crippen molar-refractivity contribution in [2.24, 2.45) is 5.92 Å². The van der Waals surface area contributed by atoms with Gasteiger partial charge in [0.25, 0.3) is 10.0 Å². The molecule has 3 rings (SSSR count). The van der Waals surface area contributed by atoms with Gasteiger partial charge in [-0.15, -0.1) is 11.3 Å². The first-order valence-corrected chi connectivity index (χ1v) is 15.5. The molecule has 216 valence electrons. The van der Waals surface area contributed by atoms with Crippen LogP contribution < -0.4 is 14.8 Å². The van der Waals surface area contributed by atoms with Gasteiger partial charge < -0.3 is 14.8 Å². The van der Waals surface area contributed by atoms with Crippen molar-refractivity contribution in [3.8, 4) is 5.75 Å². The molecule has 1 amide bonds. The third-order valence-corrected chi connectivity index (χ3v) is 8.57. The highest BCUT2D eigenvalue weighted by atomic mass is 32.2. The number of hydrogen-bond acceptors (Lipinski definition) is 7. The maximum absolute atomic E-state index is 13.4. The van der Waals surface area contributed by atoms with Crippen molar-refractivity contribution in [3.63, 3.8) is 0 Å². The standard InChI is InChI=1S/C30H38N2O6S2/c1-21(2)18-25(32-40(35,36)27-12-9-17-39-27)28(33)31-26(29(34)38-30(3,4)5)19-22-13-15-24(16-14-22)37-20-23-10-7-6-8-11-23/h6-17,21,25-26,32H,18-20H2,1-5H3,(H,31,33). The molecule has 0 radical (unpaired) electrons. The van der Waals surface area contributed by atoms with Gasteiger partial charge in [0.15, 0.2) is 0 Å². The van der Waals surface area contributed by atoms with E-state index in [1.54, 1.807) is 32.2 Å². The van der Waals surface area contributed by atoms with Gasteiger partial charge in [0, 0.05) is 6.42 Å². The van der Waals surface area contributed by atoms with E-state index < -0.39 is 39.6 Å². The number of thiophene rings is 1. The van der Waals surface area contributed by atoms with Gasteiger partial charge in [0.2, 0.25) is 5.91 Å². The van der Waals surface area contributed by atoms with Crippen molar-refractivity contribution in [2.45, 2.75) is 76.0 Å². The smallest absolute Gasteiger partial charge is 0.329 e. The highest BCUT2D eigenvalue weighted by Gasteiger charge is 2.32. The molecule has 2 atom stereocenters. The van der Waals surface area contributed by atoms with Crippen molar-refractivity contribution in [2.75, 3.05) is 0 Å². The van der Waals surface area contributed by atoms with Gasteiger partial charge in [-0.25, -0.2) is 13.2 Å². The fraction of sp³-hybridized carbons (Fsp3) is 0.400. The maximum atomic E-state index is 13.4. The summed E-state index contributed by atoms with van der Waals surface area (Å²) in [5.74, 6) is -0.502. The van der Waals surface area contributed by atoms with Crippen molar-refractivity contribution in [1.29, 1.82) is 0 Å². The molecule has 2 unspecified atom stereocenters. The number of benzene rings is 2. The highest BCUT2D eigenvalue weighted by Crippen LogP contribution is 2.19. The molecule has 0 bridgehead atoms. The Hall–Kier alpha value is -3.21. The third-order valence-electron chi connectivity index (χ3n) is 5.70. The van der Waals surface area contributed by atoms with Crippen LogP contribution in [0, 0.1) is 5.92 Å². The molecular weight excluding hydrogens is 548 g/mol. The van der Waals surface area contributed by atoms with Crippen LogP contribution in [0.15, 0.2) is 76.3 Å². The number of amides is 1. The summed E-state index contributed by atoms with van der Waals surface area (Å²) in [5.41, 5.74) is 1.06. The molecule has 0 aliphatic carbocycles. The minimum atomic E-state index is -3.90. The van der Waals surface area contributed by atoms with Gasteiger partial charge in [-0.1, -0.05) is 62.4 Å². The van der Waals surface area contributed by atoms with Gasteiger partial charge in [-0.3, -0.25) is 4.79 Å². The monoisotopic (exact) mass is 586 g/mol. The predicted molar refractivity (Wildman–Crippen MR) is 157 cm³/mol. The lowest BCUT2D eigenvalue weighted by molar-refractivity contribution is -0.158. The Bertz CT molecular complexity index is 1330. The summed E-state index contributed by atoms with van der Waals surface area (Å²) in [5, 5.41) is 4.41. The van der Waals surface area contributed by atoms with Crippen molar-refractivity contribution >= 4 is 33.2 Å². The molecule has 1 aromatic heterocycles. The first-order chi connectivity index (χ1) is 18.8. The van der Waals surface area contributed by atoms with Crippen LogP contribution in [0.5, 0.6) is 5.75 Å². The second-order valence-electron chi connectivity index (χ2n) is 11.0. The lowest BCUT2D eigenvalue weighted by Gasteiger charge is -2.27. The van der Waals surface area contributed by atoms with Crippen LogP contribution in [0.2, 0.25) is 0 Å². The van der Waals surface area contributed by atoms with E-state index in [4.69, 9.17) is 9.47 Å². The number of ether oxygens (including phenoxy) is 2. The van der Waals surface area contributed by atoms with Crippen LogP contribution in [0.25, 0.3) is 0 Å². The number of carbonyl (C=O) groups is 2. The molecule has 0 saturated heterocycles. The van der Waals surface area contributed by atoms with E-state index in [1.165, 1.54) is 6.07 Å². The minimum Gasteiger partial charge on any atom is -0.489 e. The summed E-state index contributed by atoms with van der Waals surface area (Å²) in [7, 11) is -3.90. The van der Waals surface area contributed by atoms with Gasteiger partial charge in [0.05, 0.1) is 0 Å². The average molecular weight is 587 g/mol. The molecule has 40 heavy (non-hydrogen) atoms. The van der Waals surface area contributed by atoms with Crippen LogP contribution in [-0.4, -0.2) is 38.0 Å². The lowest BCUT2D eigenvalue weighted by Crippen LogP contribution is -2.53.